The fraction of sp³-hybridized carbons (Fsp3) is 0.278. The highest BCUT2D eigenvalue weighted by Crippen LogP contribution is 2.08. The van der Waals surface area contributed by atoms with Gasteiger partial charge < -0.3 is 19.8 Å². The Morgan fingerprint density at radius 3 is 2.52 bits per heavy atom. The van der Waals surface area contributed by atoms with Gasteiger partial charge in [-0.25, -0.2) is 9.78 Å². The number of aromatic nitrogens is 2. The molecule has 0 saturated carbocycles. The maximum atomic E-state index is 11.6. The molecule has 1 aromatic carbocycles. The van der Waals surface area contributed by atoms with E-state index in [2.05, 4.69) is 4.98 Å². The lowest BCUT2D eigenvalue weighted by atomic mass is 10.1. The van der Waals surface area contributed by atoms with Crippen LogP contribution in [0, 0.1) is 0 Å². The Morgan fingerprint density at radius 1 is 1.22 bits per heavy atom. The van der Waals surface area contributed by atoms with Gasteiger partial charge in [-0.15, -0.1) is 24.8 Å². The second-order valence-electron chi connectivity index (χ2n) is 5.59. The smallest absolute Gasteiger partial charge is 0.333 e. The standard InChI is InChI=1S/C18H21N3O4.2ClH/c1-14(19)10-18(23)25-13-24-17(22)7-6-15-2-4-16(5-3-15)11-21-9-8-20-12-21;;/h2-9,12,14H,10-11,13,19H2,1H3;2*1H/b7-6+;;. The van der Waals surface area contributed by atoms with Crippen molar-refractivity contribution in [2.75, 3.05) is 6.79 Å². The van der Waals surface area contributed by atoms with E-state index >= 15 is 0 Å². The number of imidazole rings is 1. The maximum Gasteiger partial charge on any atom is 0.333 e. The van der Waals surface area contributed by atoms with Crippen molar-refractivity contribution < 1.29 is 19.1 Å². The van der Waals surface area contributed by atoms with Gasteiger partial charge in [0.15, 0.2) is 0 Å². The van der Waals surface area contributed by atoms with Crippen molar-refractivity contribution in [2.24, 2.45) is 5.73 Å². The number of ether oxygens (including phenoxy) is 2. The molecule has 2 rings (SSSR count). The Labute approximate surface area is 170 Å². The highest BCUT2D eigenvalue weighted by atomic mass is 35.5. The highest BCUT2D eigenvalue weighted by molar-refractivity contribution is 5.87. The quantitative estimate of drug-likeness (QED) is 0.404. The molecule has 0 aliphatic heterocycles. The van der Waals surface area contributed by atoms with Gasteiger partial charge in [-0.3, -0.25) is 4.79 Å². The first-order valence-electron chi connectivity index (χ1n) is 7.83. The summed E-state index contributed by atoms with van der Waals surface area (Å²) in [5.41, 5.74) is 7.45. The number of hydrogen-bond acceptors (Lipinski definition) is 6. The number of esters is 2. The lowest BCUT2D eigenvalue weighted by Crippen LogP contribution is -2.22. The number of rotatable bonds is 8. The molecule has 0 radical (unpaired) electrons. The van der Waals surface area contributed by atoms with E-state index in [1.54, 1.807) is 25.5 Å². The molecule has 7 nitrogen and oxygen atoms in total. The van der Waals surface area contributed by atoms with Crippen LogP contribution in [0.3, 0.4) is 0 Å². The zero-order valence-electron chi connectivity index (χ0n) is 14.8. The fourth-order valence-electron chi connectivity index (χ4n) is 2.01. The summed E-state index contributed by atoms with van der Waals surface area (Å²) < 4.78 is 11.5. The van der Waals surface area contributed by atoms with Crippen LogP contribution in [0.2, 0.25) is 0 Å². The van der Waals surface area contributed by atoms with Crippen LogP contribution in [0.1, 0.15) is 24.5 Å². The molecule has 0 fully saturated rings. The summed E-state index contributed by atoms with van der Waals surface area (Å²) in [6.07, 6.45) is 8.38. The van der Waals surface area contributed by atoms with Crippen molar-refractivity contribution in [3.05, 3.63) is 60.2 Å². The van der Waals surface area contributed by atoms with Crippen LogP contribution >= 0.6 is 24.8 Å². The van der Waals surface area contributed by atoms with Crippen LogP contribution < -0.4 is 5.73 Å². The van der Waals surface area contributed by atoms with Crippen LogP contribution in [0.4, 0.5) is 0 Å². The summed E-state index contributed by atoms with van der Waals surface area (Å²) in [7, 11) is 0. The first-order valence-corrected chi connectivity index (χ1v) is 7.83. The first-order chi connectivity index (χ1) is 12.0. The minimum absolute atomic E-state index is 0. The SMILES string of the molecule is CC(N)CC(=O)OCOC(=O)/C=C/c1ccc(Cn2ccnc2)cc1.Cl.Cl. The summed E-state index contributed by atoms with van der Waals surface area (Å²) in [5, 5.41) is 0. The van der Waals surface area contributed by atoms with Gasteiger partial charge >= 0.3 is 11.9 Å². The number of benzene rings is 1. The van der Waals surface area contributed by atoms with Gasteiger partial charge in [-0.2, -0.15) is 0 Å². The van der Waals surface area contributed by atoms with Crippen LogP contribution in [0.15, 0.2) is 49.1 Å². The molecule has 0 amide bonds. The molecule has 9 heteroatoms. The second kappa shape index (κ2) is 12.9. The van der Waals surface area contributed by atoms with Gasteiger partial charge in [0, 0.05) is 31.1 Å². The predicted octanol–water partition coefficient (Wildman–Crippen LogP) is 2.57. The van der Waals surface area contributed by atoms with E-state index in [-0.39, 0.29) is 37.3 Å². The number of halogens is 2. The summed E-state index contributed by atoms with van der Waals surface area (Å²) >= 11 is 0. The van der Waals surface area contributed by atoms with Gasteiger partial charge in [0.1, 0.15) is 0 Å². The highest BCUT2D eigenvalue weighted by Gasteiger charge is 2.07. The van der Waals surface area contributed by atoms with E-state index in [0.717, 1.165) is 17.7 Å². The van der Waals surface area contributed by atoms with Crippen LogP contribution in [-0.4, -0.2) is 34.3 Å². The number of hydrogen-bond donors (Lipinski definition) is 1. The number of carbonyl (C=O) groups excluding carboxylic acids is 2. The summed E-state index contributed by atoms with van der Waals surface area (Å²) in [6.45, 7) is 2.01. The molecule has 148 valence electrons. The second-order valence-corrected chi connectivity index (χ2v) is 5.59. The molecule has 1 unspecified atom stereocenters. The molecular weight excluding hydrogens is 393 g/mol. The van der Waals surface area contributed by atoms with Crippen molar-refractivity contribution in [1.82, 2.24) is 9.55 Å². The molecule has 2 aromatic rings. The Bertz CT molecular complexity index is 717. The zero-order valence-corrected chi connectivity index (χ0v) is 16.4. The average molecular weight is 416 g/mol. The Morgan fingerprint density at radius 2 is 1.93 bits per heavy atom. The third kappa shape index (κ3) is 9.79. The molecule has 0 bridgehead atoms. The van der Waals surface area contributed by atoms with E-state index in [4.69, 9.17) is 15.2 Å². The van der Waals surface area contributed by atoms with Crippen molar-refractivity contribution in [2.45, 2.75) is 25.9 Å². The monoisotopic (exact) mass is 415 g/mol. The molecular formula is C18H23Cl2N3O4. The Balaban J connectivity index is 0.00000338. The maximum absolute atomic E-state index is 11.6. The van der Waals surface area contributed by atoms with Gasteiger partial charge in [0.25, 0.3) is 0 Å². The average Bonchev–Trinajstić information content (AvgIpc) is 3.06. The van der Waals surface area contributed by atoms with Crippen molar-refractivity contribution in [1.29, 1.82) is 0 Å². The topological polar surface area (TPSA) is 96.4 Å². The van der Waals surface area contributed by atoms with Gasteiger partial charge in [0.05, 0.1) is 12.7 Å². The van der Waals surface area contributed by atoms with Crippen molar-refractivity contribution in [3.63, 3.8) is 0 Å². The van der Waals surface area contributed by atoms with Crippen molar-refractivity contribution in [3.8, 4) is 0 Å². The van der Waals surface area contributed by atoms with Crippen LogP contribution in [-0.2, 0) is 25.6 Å². The molecule has 27 heavy (non-hydrogen) atoms. The molecule has 0 aliphatic carbocycles. The molecule has 1 heterocycles. The van der Waals surface area contributed by atoms with Crippen LogP contribution in [0.5, 0.6) is 0 Å². The molecule has 0 aliphatic rings. The Hall–Kier alpha value is -2.35. The summed E-state index contributed by atoms with van der Waals surface area (Å²) in [4.78, 5) is 26.8. The van der Waals surface area contributed by atoms with Crippen LogP contribution in [0.25, 0.3) is 6.08 Å². The van der Waals surface area contributed by atoms with E-state index < -0.39 is 18.7 Å². The molecule has 1 atom stereocenters. The van der Waals surface area contributed by atoms with Crippen molar-refractivity contribution >= 4 is 42.8 Å². The van der Waals surface area contributed by atoms with E-state index in [0.29, 0.717) is 0 Å². The minimum atomic E-state index is -0.587. The summed E-state index contributed by atoms with van der Waals surface area (Å²) in [6, 6.07) is 7.46. The largest absolute Gasteiger partial charge is 0.428 e. The summed E-state index contributed by atoms with van der Waals surface area (Å²) in [5.74, 6) is -1.09. The number of nitrogens with zero attached hydrogens (tertiary/aromatic N) is 2. The lowest BCUT2D eigenvalue weighted by Gasteiger charge is -2.06. The minimum Gasteiger partial charge on any atom is -0.428 e. The first kappa shape index (κ1) is 24.7. The van der Waals surface area contributed by atoms with E-state index in [1.165, 1.54) is 6.08 Å². The van der Waals surface area contributed by atoms with E-state index in [9.17, 15) is 9.59 Å². The van der Waals surface area contributed by atoms with Gasteiger partial charge in [-0.1, -0.05) is 24.3 Å². The fourth-order valence-corrected chi connectivity index (χ4v) is 2.01. The lowest BCUT2D eigenvalue weighted by molar-refractivity contribution is -0.164. The molecule has 0 spiro atoms. The predicted molar refractivity (Wildman–Crippen MR) is 107 cm³/mol. The van der Waals surface area contributed by atoms with Gasteiger partial charge in [-0.05, 0) is 24.1 Å². The molecule has 2 N–H and O–H groups in total. The normalized spacial score (nSPS) is 11.2. The third-order valence-electron chi connectivity index (χ3n) is 3.23. The zero-order chi connectivity index (χ0) is 18.1. The number of carbonyl (C=O) groups is 2. The van der Waals surface area contributed by atoms with E-state index in [1.807, 2.05) is 35.0 Å². The molecule has 0 saturated heterocycles. The third-order valence-corrected chi connectivity index (χ3v) is 3.23. The van der Waals surface area contributed by atoms with Gasteiger partial charge in [0.2, 0.25) is 6.79 Å². The number of nitrogens with two attached hydrogens (primary N) is 1. The Kier molecular flexibility index (Phi) is 11.8. The molecule has 1 aromatic heterocycles.